The first kappa shape index (κ1) is 15.6. The van der Waals surface area contributed by atoms with Gasteiger partial charge < -0.3 is 8.85 Å². The van der Waals surface area contributed by atoms with Gasteiger partial charge in [-0.3, -0.25) is 0 Å². The molecule has 0 bridgehead atoms. The van der Waals surface area contributed by atoms with E-state index in [4.69, 9.17) is 8.85 Å². The molecule has 0 fully saturated rings. The van der Waals surface area contributed by atoms with Gasteiger partial charge in [0.15, 0.2) is 0 Å². The molecule has 0 spiro atoms. The standard InChI is InChI=1S/C6H15O2Si.C4H10/c1-6(2)5-9(7-3)8-4;1-3-4-2/h6H,5H2,1-4H3;3-4H2,1-2H3. The van der Waals surface area contributed by atoms with E-state index in [9.17, 15) is 0 Å². The summed E-state index contributed by atoms with van der Waals surface area (Å²) in [6.45, 7) is 8.70. The zero-order valence-electron chi connectivity index (χ0n) is 10.0. The summed E-state index contributed by atoms with van der Waals surface area (Å²) in [4.78, 5) is 0. The molecule has 81 valence electrons. The van der Waals surface area contributed by atoms with E-state index in [0.717, 1.165) is 6.04 Å². The van der Waals surface area contributed by atoms with Crippen molar-refractivity contribution >= 4 is 9.28 Å². The maximum atomic E-state index is 5.09. The Hall–Kier alpha value is 0.137. The van der Waals surface area contributed by atoms with Crippen molar-refractivity contribution < 1.29 is 8.85 Å². The minimum absolute atomic E-state index is 0.679. The normalized spacial score (nSPS) is 10.2. The Labute approximate surface area is 85.5 Å². The zero-order valence-corrected chi connectivity index (χ0v) is 11.0. The lowest BCUT2D eigenvalue weighted by molar-refractivity contribution is 0.272. The molecule has 0 aliphatic heterocycles. The van der Waals surface area contributed by atoms with Crippen molar-refractivity contribution in [3.05, 3.63) is 0 Å². The van der Waals surface area contributed by atoms with E-state index in [1.807, 2.05) is 0 Å². The third-order valence-electron chi connectivity index (χ3n) is 1.53. The van der Waals surface area contributed by atoms with Gasteiger partial charge in [-0.25, -0.2) is 0 Å². The summed E-state index contributed by atoms with van der Waals surface area (Å²) in [5.74, 6) is 0.679. The van der Waals surface area contributed by atoms with Gasteiger partial charge in [-0.05, 0) is 12.0 Å². The fourth-order valence-corrected chi connectivity index (χ4v) is 1.75. The largest absolute Gasteiger partial charge is 0.397 e. The van der Waals surface area contributed by atoms with Crippen LogP contribution in [0.5, 0.6) is 0 Å². The predicted molar refractivity (Wildman–Crippen MR) is 60.0 cm³/mol. The fourth-order valence-electron chi connectivity index (χ4n) is 0.583. The summed E-state index contributed by atoms with van der Waals surface area (Å²) in [7, 11) is 2.49. The van der Waals surface area contributed by atoms with Gasteiger partial charge in [0.2, 0.25) is 0 Å². The van der Waals surface area contributed by atoms with Gasteiger partial charge in [-0.2, -0.15) is 0 Å². The number of rotatable bonds is 5. The van der Waals surface area contributed by atoms with Crippen molar-refractivity contribution in [1.29, 1.82) is 0 Å². The number of unbranched alkanes of at least 4 members (excludes halogenated alkanes) is 1. The second-order valence-corrected chi connectivity index (χ2v) is 5.35. The molecule has 0 heterocycles. The monoisotopic (exact) mass is 205 g/mol. The Balaban J connectivity index is 0. The van der Waals surface area contributed by atoms with E-state index in [-0.39, 0.29) is 0 Å². The Kier molecular flexibility index (Phi) is 14.6. The van der Waals surface area contributed by atoms with Crippen LogP contribution in [-0.2, 0) is 8.85 Å². The summed E-state index contributed by atoms with van der Waals surface area (Å²) in [5.41, 5.74) is 0. The number of hydrogen-bond donors (Lipinski definition) is 0. The van der Waals surface area contributed by atoms with E-state index in [2.05, 4.69) is 27.7 Å². The van der Waals surface area contributed by atoms with Crippen LogP contribution in [0.3, 0.4) is 0 Å². The average molecular weight is 205 g/mol. The average Bonchev–Trinajstić information content (AvgIpc) is 2.14. The molecule has 0 unspecified atom stereocenters. The highest BCUT2D eigenvalue weighted by atomic mass is 28.3. The maximum absolute atomic E-state index is 5.09. The molecule has 0 N–H and O–H groups in total. The highest BCUT2D eigenvalue weighted by molar-refractivity contribution is 6.44. The van der Waals surface area contributed by atoms with Crippen LogP contribution in [0.4, 0.5) is 0 Å². The molecule has 0 aliphatic rings. The summed E-state index contributed by atoms with van der Waals surface area (Å²) >= 11 is 0. The second-order valence-electron chi connectivity index (χ2n) is 3.38. The molecule has 0 aromatic carbocycles. The van der Waals surface area contributed by atoms with E-state index in [0.29, 0.717) is 5.92 Å². The van der Waals surface area contributed by atoms with Gasteiger partial charge in [0, 0.05) is 14.2 Å². The Morgan fingerprint density at radius 3 is 1.46 bits per heavy atom. The lowest BCUT2D eigenvalue weighted by Crippen LogP contribution is -2.20. The van der Waals surface area contributed by atoms with Crippen LogP contribution < -0.4 is 0 Å². The smallest absolute Gasteiger partial charge is 0.384 e. The van der Waals surface area contributed by atoms with Crippen LogP contribution in [0.25, 0.3) is 0 Å². The topological polar surface area (TPSA) is 18.5 Å². The SMILES string of the molecule is CCCC.CO[Si](CC(C)C)OC. The third-order valence-corrected chi connectivity index (χ3v) is 3.59. The first-order valence-corrected chi connectivity index (χ1v) is 6.58. The van der Waals surface area contributed by atoms with Gasteiger partial charge in [-0.15, -0.1) is 0 Å². The Morgan fingerprint density at radius 1 is 1.00 bits per heavy atom. The van der Waals surface area contributed by atoms with Crippen LogP contribution in [0, 0.1) is 5.92 Å². The van der Waals surface area contributed by atoms with Crippen LogP contribution in [0.2, 0.25) is 6.04 Å². The first-order valence-electron chi connectivity index (χ1n) is 5.06. The van der Waals surface area contributed by atoms with Gasteiger partial charge in [0.05, 0.1) is 0 Å². The lowest BCUT2D eigenvalue weighted by atomic mass is 10.3. The maximum Gasteiger partial charge on any atom is 0.384 e. The highest BCUT2D eigenvalue weighted by Gasteiger charge is 2.12. The van der Waals surface area contributed by atoms with E-state index >= 15 is 0 Å². The molecule has 0 aromatic rings. The summed E-state index contributed by atoms with van der Waals surface area (Å²) in [6.07, 6.45) is 2.64. The minimum atomic E-state index is -0.923. The minimum Gasteiger partial charge on any atom is -0.397 e. The third kappa shape index (κ3) is 14.9. The van der Waals surface area contributed by atoms with Crippen molar-refractivity contribution in [3.8, 4) is 0 Å². The fraction of sp³-hybridized carbons (Fsp3) is 1.00. The van der Waals surface area contributed by atoms with Crippen LogP contribution in [-0.4, -0.2) is 23.5 Å². The lowest BCUT2D eigenvalue weighted by Gasteiger charge is -2.10. The van der Waals surface area contributed by atoms with E-state index in [1.165, 1.54) is 12.8 Å². The molecular formula is C10H25O2Si. The molecule has 3 heteroatoms. The molecular weight excluding hydrogens is 180 g/mol. The van der Waals surface area contributed by atoms with Crippen LogP contribution in [0.15, 0.2) is 0 Å². The molecule has 0 amide bonds. The van der Waals surface area contributed by atoms with Gasteiger partial charge >= 0.3 is 9.28 Å². The molecule has 0 saturated carbocycles. The van der Waals surface area contributed by atoms with Gasteiger partial charge in [0.25, 0.3) is 0 Å². The summed E-state index contributed by atoms with van der Waals surface area (Å²) in [5, 5.41) is 0. The zero-order chi connectivity index (χ0) is 10.7. The molecule has 0 rings (SSSR count). The molecule has 0 aromatic heterocycles. The molecule has 1 radical (unpaired) electrons. The Bertz CT molecular complexity index is 81.0. The molecule has 0 atom stereocenters. The van der Waals surface area contributed by atoms with E-state index < -0.39 is 9.28 Å². The predicted octanol–water partition coefficient (Wildman–Crippen LogP) is 3.23. The molecule has 0 saturated heterocycles. The molecule has 13 heavy (non-hydrogen) atoms. The first-order chi connectivity index (χ1) is 6.12. The van der Waals surface area contributed by atoms with E-state index in [1.54, 1.807) is 14.2 Å². The van der Waals surface area contributed by atoms with Crippen molar-refractivity contribution in [3.63, 3.8) is 0 Å². The van der Waals surface area contributed by atoms with Crippen molar-refractivity contribution in [2.75, 3.05) is 14.2 Å². The Morgan fingerprint density at radius 2 is 1.38 bits per heavy atom. The number of hydrogen-bond acceptors (Lipinski definition) is 2. The second kappa shape index (κ2) is 12.1. The van der Waals surface area contributed by atoms with Crippen molar-refractivity contribution in [1.82, 2.24) is 0 Å². The highest BCUT2D eigenvalue weighted by Crippen LogP contribution is 2.05. The summed E-state index contributed by atoms with van der Waals surface area (Å²) in [6, 6.07) is 1.07. The quantitative estimate of drug-likeness (QED) is 0.642. The van der Waals surface area contributed by atoms with Gasteiger partial charge in [0.1, 0.15) is 0 Å². The molecule has 0 aliphatic carbocycles. The summed E-state index contributed by atoms with van der Waals surface area (Å²) < 4.78 is 10.2. The van der Waals surface area contributed by atoms with Crippen molar-refractivity contribution in [2.45, 2.75) is 46.6 Å². The van der Waals surface area contributed by atoms with Gasteiger partial charge in [-0.1, -0.05) is 40.5 Å². The van der Waals surface area contributed by atoms with Crippen molar-refractivity contribution in [2.24, 2.45) is 5.92 Å². The van der Waals surface area contributed by atoms with Crippen LogP contribution in [0.1, 0.15) is 40.5 Å². The van der Waals surface area contributed by atoms with Crippen LogP contribution >= 0.6 is 0 Å². The molecule has 2 nitrogen and oxygen atoms in total.